The van der Waals surface area contributed by atoms with E-state index in [1.54, 1.807) is 0 Å². The molecule has 12 rings (SSSR count). The van der Waals surface area contributed by atoms with Crippen molar-refractivity contribution in [2.45, 2.75) is 31.6 Å². The quantitative estimate of drug-likeness (QED) is 0.165. The Morgan fingerprint density at radius 1 is 0.607 bits per heavy atom. The Balaban J connectivity index is 1.10. The SMILES string of the molecule is Cn1[c](=[Pt])n(-c2[c-]c(Oc3[c-]c4c(cc3)c3cc5c(cc3n4-c3cc(C(C)(C)C)ccn3)C3(c4ccccc4Oc4ccccc43)c3ccccc3-5)ccc2)c2ccccc21. The van der Waals surface area contributed by atoms with Gasteiger partial charge in [0.2, 0.25) is 0 Å². The molecule has 0 bridgehead atoms. The summed E-state index contributed by atoms with van der Waals surface area (Å²) in [5, 5.41) is 2.19. The van der Waals surface area contributed by atoms with E-state index in [0.717, 1.165) is 70.8 Å². The summed E-state index contributed by atoms with van der Waals surface area (Å²) < 4.78 is 21.1. The third-order valence-corrected chi connectivity index (χ3v) is 13.9. The first-order valence-corrected chi connectivity index (χ1v) is 21.6. The van der Waals surface area contributed by atoms with Gasteiger partial charge < -0.3 is 4.74 Å². The molecular formula is C54H38N4O2Pt-2. The number of nitrogens with zero attached hydrogens (tertiary/aromatic N) is 4. The summed E-state index contributed by atoms with van der Waals surface area (Å²) in [4.78, 5) is 5.07. The zero-order chi connectivity index (χ0) is 41.2. The second-order valence-corrected chi connectivity index (χ2v) is 18.0. The fourth-order valence-electron chi connectivity index (χ4n) is 9.81. The van der Waals surface area contributed by atoms with Crippen LogP contribution in [0.15, 0.2) is 158 Å². The molecule has 3 aromatic heterocycles. The van der Waals surface area contributed by atoms with Crippen molar-refractivity contribution in [3.63, 3.8) is 0 Å². The molecule has 4 heterocycles. The van der Waals surface area contributed by atoms with Crippen LogP contribution >= 0.6 is 0 Å². The predicted octanol–water partition coefficient (Wildman–Crippen LogP) is 12.7. The molecule has 2 aliphatic rings. The first-order valence-electron chi connectivity index (χ1n) is 20.5. The van der Waals surface area contributed by atoms with E-state index in [9.17, 15) is 0 Å². The third kappa shape index (κ3) is 5.18. The van der Waals surface area contributed by atoms with E-state index < -0.39 is 5.41 Å². The molecule has 10 aromatic rings. The number of aryl methyl sites for hydroxylation is 1. The molecular weight excluding hydrogens is 932 g/mol. The summed E-state index contributed by atoms with van der Waals surface area (Å²) in [6.45, 7) is 6.73. The first-order chi connectivity index (χ1) is 29.7. The second-order valence-electron chi connectivity index (χ2n) is 17.0. The summed E-state index contributed by atoms with van der Waals surface area (Å²) in [6.07, 6.45) is 1.93. The van der Waals surface area contributed by atoms with Gasteiger partial charge in [-0.1, -0.05) is 81.4 Å². The molecule has 1 spiro atoms. The minimum absolute atomic E-state index is 0.0856. The molecule has 1 aliphatic heterocycles. The predicted molar refractivity (Wildman–Crippen MR) is 238 cm³/mol. The van der Waals surface area contributed by atoms with Crippen LogP contribution in [0.3, 0.4) is 0 Å². The normalized spacial score (nSPS) is 13.6. The molecule has 0 unspecified atom stereocenters. The minimum atomic E-state index is -0.605. The number of hydrogen-bond acceptors (Lipinski definition) is 3. The number of benzene rings is 7. The second kappa shape index (κ2) is 13.1. The van der Waals surface area contributed by atoms with Crippen LogP contribution in [0.25, 0.3) is 55.5 Å². The van der Waals surface area contributed by atoms with Gasteiger partial charge in [-0.05, 0) is 51.4 Å². The van der Waals surface area contributed by atoms with Crippen LogP contribution in [-0.2, 0) is 37.2 Å². The molecule has 7 aromatic carbocycles. The van der Waals surface area contributed by atoms with Crippen LogP contribution in [0.2, 0.25) is 0 Å². The van der Waals surface area contributed by atoms with Gasteiger partial charge in [-0.3, -0.25) is 0 Å². The molecule has 0 saturated carbocycles. The molecule has 0 N–H and O–H groups in total. The maximum atomic E-state index is 6.69. The van der Waals surface area contributed by atoms with E-state index in [1.807, 2.05) is 24.4 Å². The van der Waals surface area contributed by atoms with Gasteiger partial charge in [-0.2, -0.15) is 0 Å². The molecule has 6 nitrogen and oxygen atoms in total. The molecule has 298 valence electrons. The Labute approximate surface area is 364 Å². The Morgan fingerprint density at radius 3 is 2.07 bits per heavy atom. The number of para-hydroxylation sites is 4. The first kappa shape index (κ1) is 36.1. The van der Waals surface area contributed by atoms with Crippen LogP contribution in [0.4, 0.5) is 0 Å². The molecule has 0 amide bonds. The van der Waals surface area contributed by atoms with Gasteiger partial charge in [0.15, 0.2) is 0 Å². The summed E-state index contributed by atoms with van der Waals surface area (Å²) in [5.74, 6) is 3.77. The van der Waals surface area contributed by atoms with Gasteiger partial charge in [-0.15, -0.1) is 0 Å². The number of imidazole rings is 1. The third-order valence-electron chi connectivity index (χ3n) is 12.6. The van der Waals surface area contributed by atoms with E-state index in [4.69, 9.17) is 14.5 Å². The molecule has 0 atom stereocenters. The van der Waals surface area contributed by atoms with Crippen LogP contribution < -0.4 is 9.47 Å². The van der Waals surface area contributed by atoms with E-state index in [2.05, 4.69) is 206 Å². The maximum absolute atomic E-state index is 6.69. The van der Waals surface area contributed by atoms with E-state index >= 15 is 0 Å². The van der Waals surface area contributed by atoms with Gasteiger partial charge in [0.25, 0.3) is 0 Å². The molecule has 0 saturated heterocycles. The number of pyridine rings is 1. The standard InChI is InChI=1S/C54H38N4O2.Pt/c1-53(2,3)34-26-27-55-52(28-34)58-48-30-37(59-36-15-13-14-35(29-36)57-33-56(4)46-20-9-10-21-47(46)57)24-25-39(48)41-31-40-38-16-5-6-17-42(38)54(45(40)32-49(41)58)43-18-7-11-22-50(43)60-51-23-12-8-19-44(51)54;/h5-28,31-32H,1-4H3;/q-2;. The Morgan fingerprint density at radius 2 is 1.30 bits per heavy atom. The summed E-state index contributed by atoms with van der Waals surface area (Å²) in [7, 11) is 2.09. The molecule has 61 heavy (non-hydrogen) atoms. The topological polar surface area (TPSA) is 46.1 Å². The molecule has 7 heteroatoms. The van der Waals surface area contributed by atoms with Crippen molar-refractivity contribution in [1.29, 1.82) is 0 Å². The van der Waals surface area contributed by atoms with Crippen molar-refractivity contribution >= 4 is 32.8 Å². The van der Waals surface area contributed by atoms with E-state index in [1.165, 1.54) is 27.8 Å². The van der Waals surface area contributed by atoms with Gasteiger partial charge >= 0.3 is 194 Å². The van der Waals surface area contributed by atoms with Gasteiger partial charge in [0.1, 0.15) is 11.5 Å². The molecule has 0 fully saturated rings. The Hall–Kier alpha value is -6.75. The van der Waals surface area contributed by atoms with Gasteiger partial charge in [0.05, 0.1) is 5.41 Å². The zero-order valence-corrected chi connectivity index (χ0v) is 36.2. The number of ether oxygens (including phenoxy) is 2. The van der Waals surface area contributed by atoms with Crippen LogP contribution in [-0.4, -0.2) is 18.7 Å². The number of rotatable bonds is 4. The fraction of sp³-hybridized carbons (Fsp3) is 0.111. The molecule has 1 aliphatic carbocycles. The number of fused-ring (bicyclic) bond motifs is 13. The average Bonchev–Trinajstić information content (AvgIpc) is 3.85. The zero-order valence-electron chi connectivity index (χ0n) is 33.9. The monoisotopic (exact) mass is 969 g/mol. The summed E-state index contributed by atoms with van der Waals surface area (Å²) >= 11 is 2.38. The average molecular weight is 970 g/mol. The van der Waals surface area contributed by atoms with Crippen molar-refractivity contribution in [2.75, 3.05) is 0 Å². The number of aromatic nitrogens is 4. The number of hydrogen-bond donors (Lipinski definition) is 0. The van der Waals surface area contributed by atoms with Crippen molar-refractivity contribution in [3.8, 4) is 45.6 Å². The van der Waals surface area contributed by atoms with Crippen molar-refractivity contribution in [3.05, 3.63) is 202 Å². The summed E-state index contributed by atoms with van der Waals surface area (Å²) in [5.41, 5.74) is 12.7. The summed E-state index contributed by atoms with van der Waals surface area (Å²) in [6, 6.07) is 61.0. The van der Waals surface area contributed by atoms with E-state index in [0.29, 0.717) is 11.5 Å². The Bertz CT molecular complexity index is 3480. The van der Waals surface area contributed by atoms with E-state index in [-0.39, 0.29) is 5.41 Å². The van der Waals surface area contributed by atoms with Crippen molar-refractivity contribution in [2.24, 2.45) is 7.05 Å². The van der Waals surface area contributed by atoms with Crippen molar-refractivity contribution < 1.29 is 28.8 Å². The van der Waals surface area contributed by atoms with Crippen LogP contribution in [0.1, 0.15) is 48.6 Å². The molecule has 0 radical (unpaired) electrons. The van der Waals surface area contributed by atoms with Gasteiger partial charge in [-0.25, -0.2) is 0 Å². The Kier molecular flexibility index (Phi) is 7.77. The van der Waals surface area contributed by atoms with Gasteiger partial charge in [0, 0.05) is 17.3 Å². The van der Waals surface area contributed by atoms with Crippen LogP contribution in [0, 0.1) is 15.9 Å². The van der Waals surface area contributed by atoms with Crippen LogP contribution in [0.5, 0.6) is 23.0 Å². The van der Waals surface area contributed by atoms with Crippen molar-refractivity contribution in [1.82, 2.24) is 18.7 Å². The fourth-order valence-corrected chi connectivity index (χ4v) is 10.6.